The van der Waals surface area contributed by atoms with Crippen LogP contribution in [-0.4, -0.2) is 35.0 Å². The first-order valence-electron chi connectivity index (χ1n) is 9.13. The van der Waals surface area contributed by atoms with Gasteiger partial charge in [0.1, 0.15) is 5.69 Å². The third kappa shape index (κ3) is 4.94. The van der Waals surface area contributed by atoms with Crippen LogP contribution in [0.2, 0.25) is 0 Å². The van der Waals surface area contributed by atoms with Crippen molar-refractivity contribution in [1.29, 1.82) is 0 Å². The molecule has 0 atom stereocenters. The van der Waals surface area contributed by atoms with Gasteiger partial charge < -0.3 is 15.5 Å². The molecular weight excluding hydrogens is 326 g/mol. The number of carbonyl (C=O) groups excluding carboxylic acids is 1. The second-order valence-corrected chi connectivity index (χ2v) is 6.64. The normalized spacial score (nSPS) is 10.7. The minimum absolute atomic E-state index is 0.0593. The Balaban J connectivity index is 2.25. The molecule has 0 saturated heterocycles. The van der Waals surface area contributed by atoms with Gasteiger partial charge in [0.2, 0.25) is 5.95 Å². The number of nitrogens with zero attached hydrogens (tertiary/aromatic N) is 3. The Morgan fingerprint density at radius 1 is 1.12 bits per heavy atom. The lowest BCUT2D eigenvalue weighted by Crippen LogP contribution is -2.31. The molecule has 0 bridgehead atoms. The Morgan fingerprint density at radius 2 is 1.81 bits per heavy atom. The molecule has 0 aliphatic heterocycles. The molecule has 0 fully saturated rings. The molecule has 2 N–H and O–H groups in total. The molecule has 2 rings (SSSR count). The largest absolute Gasteiger partial charge is 0.372 e. The molecule has 6 heteroatoms. The van der Waals surface area contributed by atoms with Crippen molar-refractivity contribution in [2.24, 2.45) is 0 Å². The number of hydrogen-bond acceptors (Lipinski definition) is 5. The summed E-state index contributed by atoms with van der Waals surface area (Å²) < 4.78 is 0. The van der Waals surface area contributed by atoms with Crippen molar-refractivity contribution in [2.45, 2.75) is 47.6 Å². The molecule has 1 aromatic carbocycles. The van der Waals surface area contributed by atoms with Gasteiger partial charge >= 0.3 is 0 Å². The minimum atomic E-state index is -0.192. The standard InChI is InChI=1S/C20H29N5O/c1-7-25(8-2)16-9-10-17(14(5)11-16)23-20-22-15(6)12-18(24-20)19(26)21-13(3)4/h9-13H,7-8H2,1-6H3,(H,21,26)(H,22,23,24). The van der Waals surface area contributed by atoms with Gasteiger partial charge in [0.15, 0.2) is 0 Å². The fourth-order valence-corrected chi connectivity index (χ4v) is 2.77. The van der Waals surface area contributed by atoms with E-state index in [4.69, 9.17) is 0 Å². The number of aryl methyl sites for hydroxylation is 2. The van der Waals surface area contributed by atoms with Crippen LogP contribution in [0.3, 0.4) is 0 Å². The zero-order chi connectivity index (χ0) is 19.3. The maximum atomic E-state index is 12.2. The van der Waals surface area contributed by atoms with Gasteiger partial charge in [-0.25, -0.2) is 9.97 Å². The summed E-state index contributed by atoms with van der Waals surface area (Å²) in [5.74, 6) is 0.236. The van der Waals surface area contributed by atoms with E-state index >= 15 is 0 Å². The SMILES string of the molecule is CCN(CC)c1ccc(Nc2nc(C)cc(C(=O)NC(C)C)n2)c(C)c1. The maximum Gasteiger partial charge on any atom is 0.270 e. The highest BCUT2D eigenvalue weighted by Crippen LogP contribution is 2.24. The Kier molecular flexibility index (Phi) is 6.55. The van der Waals surface area contributed by atoms with E-state index < -0.39 is 0 Å². The highest BCUT2D eigenvalue weighted by Gasteiger charge is 2.12. The summed E-state index contributed by atoms with van der Waals surface area (Å²) in [4.78, 5) is 23.3. The van der Waals surface area contributed by atoms with Crippen LogP contribution in [0, 0.1) is 13.8 Å². The van der Waals surface area contributed by atoms with Crippen molar-refractivity contribution in [2.75, 3.05) is 23.3 Å². The topological polar surface area (TPSA) is 70.2 Å². The summed E-state index contributed by atoms with van der Waals surface area (Å²) in [7, 11) is 0. The van der Waals surface area contributed by atoms with Gasteiger partial charge in [-0.1, -0.05) is 0 Å². The maximum absolute atomic E-state index is 12.2. The molecule has 26 heavy (non-hydrogen) atoms. The first-order chi connectivity index (χ1) is 12.3. The summed E-state index contributed by atoms with van der Waals surface area (Å²) in [6, 6.07) is 8.02. The van der Waals surface area contributed by atoms with Crippen molar-refractivity contribution < 1.29 is 4.79 Å². The number of hydrogen-bond donors (Lipinski definition) is 2. The van der Waals surface area contributed by atoms with Crippen LogP contribution in [0.5, 0.6) is 0 Å². The average Bonchev–Trinajstić information content (AvgIpc) is 2.57. The molecular formula is C20H29N5O. The van der Waals surface area contributed by atoms with Crippen LogP contribution in [0.25, 0.3) is 0 Å². The predicted molar refractivity (Wildman–Crippen MR) is 107 cm³/mol. The van der Waals surface area contributed by atoms with E-state index in [2.05, 4.69) is 58.4 Å². The summed E-state index contributed by atoms with van der Waals surface area (Å²) in [6.45, 7) is 14.0. The fraction of sp³-hybridized carbons (Fsp3) is 0.450. The van der Waals surface area contributed by atoms with Crippen LogP contribution in [-0.2, 0) is 0 Å². The number of rotatable bonds is 7. The van der Waals surface area contributed by atoms with Gasteiger partial charge in [0.25, 0.3) is 5.91 Å². The van der Waals surface area contributed by atoms with Crippen molar-refractivity contribution in [1.82, 2.24) is 15.3 Å². The molecule has 2 aromatic rings. The summed E-state index contributed by atoms with van der Waals surface area (Å²) >= 11 is 0. The van der Waals surface area contributed by atoms with Crippen LogP contribution in [0.1, 0.15) is 49.4 Å². The number of anilines is 3. The van der Waals surface area contributed by atoms with E-state index in [9.17, 15) is 4.79 Å². The molecule has 1 aromatic heterocycles. The number of carbonyl (C=O) groups is 1. The quantitative estimate of drug-likeness (QED) is 0.790. The summed E-state index contributed by atoms with van der Waals surface area (Å²) in [5.41, 5.74) is 4.34. The van der Waals surface area contributed by atoms with E-state index in [0.29, 0.717) is 11.6 Å². The zero-order valence-corrected chi connectivity index (χ0v) is 16.6. The Morgan fingerprint density at radius 3 is 2.38 bits per heavy atom. The molecule has 0 aliphatic carbocycles. The smallest absolute Gasteiger partial charge is 0.270 e. The highest BCUT2D eigenvalue weighted by atomic mass is 16.1. The number of aromatic nitrogens is 2. The molecule has 0 spiro atoms. The third-order valence-corrected chi connectivity index (χ3v) is 4.09. The first-order valence-corrected chi connectivity index (χ1v) is 9.13. The van der Waals surface area contributed by atoms with Gasteiger partial charge in [-0.15, -0.1) is 0 Å². The Bertz CT molecular complexity index is 769. The monoisotopic (exact) mass is 355 g/mol. The van der Waals surface area contributed by atoms with Gasteiger partial charge in [0, 0.05) is 36.2 Å². The number of benzene rings is 1. The molecule has 140 valence electrons. The van der Waals surface area contributed by atoms with Gasteiger partial charge in [0.05, 0.1) is 0 Å². The summed E-state index contributed by atoms with van der Waals surface area (Å²) in [5, 5.41) is 6.10. The van der Waals surface area contributed by atoms with Gasteiger partial charge in [-0.2, -0.15) is 0 Å². The molecule has 6 nitrogen and oxygen atoms in total. The van der Waals surface area contributed by atoms with Crippen LogP contribution in [0.15, 0.2) is 24.3 Å². The van der Waals surface area contributed by atoms with Crippen molar-refractivity contribution in [3.63, 3.8) is 0 Å². The van der Waals surface area contributed by atoms with Crippen LogP contribution < -0.4 is 15.5 Å². The van der Waals surface area contributed by atoms with Crippen molar-refractivity contribution >= 4 is 23.2 Å². The molecule has 1 heterocycles. The predicted octanol–water partition coefficient (Wildman–Crippen LogP) is 3.82. The molecule has 0 radical (unpaired) electrons. The van der Waals surface area contributed by atoms with E-state index in [1.807, 2.05) is 26.8 Å². The lowest BCUT2D eigenvalue weighted by atomic mass is 10.1. The second kappa shape index (κ2) is 8.65. The van der Waals surface area contributed by atoms with Crippen LogP contribution in [0.4, 0.5) is 17.3 Å². The minimum Gasteiger partial charge on any atom is -0.372 e. The lowest BCUT2D eigenvalue weighted by molar-refractivity contribution is 0.0938. The van der Waals surface area contributed by atoms with E-state index in [1.165, 1.54) is 5.69 Å². The molecule has 1 amide bonds. The Labute approximate surface area is 156 Å². The first kappa shape index (κ1) is 19.7. The molecule has 0 aliphatic rings. The van der Waals surface area contributed by atoms with Gasteiger partial charge in [-0.05, 0) is 71.4 Å². The lowest BCUT2D eigenvalue weighted by Gasteiger charge is -2.22. The van der Waals surface area contributed by atoms with E-state index in [1.54, 1.807) is 6.07 Å². The van der Waals surface area contributed by atoms with Crippen molar-refractivity contribution in [3.8, 4) is 0 Å². The number of nitrogens with one attached hydrogen (secondary N) is 2. The third-order valence-electron chi connectivity index (χ3n) is 4.09. The highest BCUT2D eigenvalue weighted by molar-refractivity contribution is 5.92. The van der Waals surface area contributed by atoms with E-state index in [-0.39, 0.29) is 11.9 Å². The molecule has 0 saturated carbocycles. The Hall–Kier alpha value is -2.63. The number of amides is 1. The van der Waals surface area contributed by atoms with Gasteiger partial charge in [-0.3, -0.25) is 4.79 Å². The van der Waals surface area contributed by atoms with E-state index in [0.717, 1.165) is 30.0 Å². The average molecular weight is 355 g/mol. The second-order valence-electron chi connectivity index (χ2n) is 6.64. The zero-order valence-electron chi connectivity index (χ0n) is 16.6. The van der Waals surface area contributed by atoms with Crippen molar-refractivity contribution in [3.05, 3.63) is 41.2 Å². The summed E-state index contributed by atoms with van der Waals surface area (Å²) in [6.07, 6.45) is 0. The van der Waals surface area contributed by atoms with Crippen LogP contribution >= 0.6 is 0 Å². The molecule has 0 unspecified atom stereocenters. The fourth-order valence-electron chi connectivity index (χ4n) is 2.77.